The molecule has 2 aliphatic heterocycles. The number of hydrogen-bond acceptors (Lipinski definition) is 8. The van der Waals surface area contributed by atoms with Crippen molar-refractivity contribution in [2.45, 2.75) is 77.9 Å². The lowest BCUT2D eigenvalue weighted by molar-refractivity contribution is 0.101. The van der Waals surface area contributed by atoms with Gasteiger partial charge in [0.1, 0.15) is 23.1 Å². The Hall–Kier alpha value is -3.89. The number of phenols is 1. The van der Waals surface area contributed by atoms with E-state index < -0.39 is 5.83 Å². The Morgan fingerprint density at radius 2 is 1.87 bits per heavy atom. The van der Waals surface area contributed by atoms with E-state index in [0.717, 1.165) is 38.8 Å². The van der Waals surface area contributed by atoms with Crippen molar-refractivity contribution in [2.75, 3.05) is 38.3 Å². The summed E-state index contributed by atoms with van der Waals surface area (Å²) in [7, 11) is 1.68. The number of hydrogen-bond donors (Lipinski definition) is 2. The summed E-state index contributed by atoms with van der Waals surface area (Å²) in [6, 6.07) is 6.68. The predicted molar refractivity (Wildman–Crippen MR) is 182 cm³/mol. The van der Waals surface area contributed by atoms with Gasteiger partial charge in [-0.3, -0.25) is 4.99 Å². The van der Waals surface area contributed by atoms with Crippen LogP contribution >= 0.6 is 0 Å². The summed E-state index contributed by atoms with van der Waals surface area (Å²) in [5.41, 5.74) is 2.73. The Balaban J connectivity index is 1.50. The molecule has 2 aliphatic carbocycles. The quantitative estimate of drug-likeness (QED) is 0.263. The van der Waals surface area contributed by atoms with Crippen molar-refractivity contribution in [1.29, 1.82) is 0 Å². The van der Waals surface area contributed by atoms with Crippen LogP contribution in [0.1, 0.15) is 75.8 Å². The number of nitrogens with one attached hydrogen (secondary N) is 1. The third-order valence-corrected chi connectivity index (χ3v) is 9.94. The van der Waals surface area contributed by atoms with Gasteiger partial charge in [-0.2, -0.15) is 9.97 Å². The first-order chi connectivity index (χ1) is 22.6. The molecule has 2 atom stereocenters. The molecule has 2 bridgehead atoms. The molecule has 0 amide bonds. The highest BCUT2D eigenvalue weighted by Crippen LogP contribution is 2.49. The van der Waals surface area contributed by atoms with Crippen LogP contribution in [0.25, 0.3) is 27.7 Å². The lowest BCUT2D eigenvalue weighted by Crippen LogP contribution is -2.51. The maximum atomic E-state index is 17.6. The maximum Gasteiger partial charge on any atom is 0.319 e. The van der Waals surface area contributed by atoms with Gasteiger partial charge < -0.3 is 24.8 Å². The first-order valence-electron chi connectivity index (χ1n) is 16.8. The van der Waals surface area contributed by atoms with Crippen LogP contribution in [0.15, 0.2) is 35.3 Å². The fourth-order valence-corrected chi connectivity index (χ4v) is 7.57. The minimum Gasteiger partial charge on any atom is -0.508 e. The van der Waals surface area contributed by atoms with E-state index in [-0.39, 0.29) is 40.3 Å². The number of aromatic hydroxyl groups is 1. The second-order valence-electron chi connectivity index (χ2n) is 13.8. The van der Waals surface area contributed by atoms with Crippen molar-refractivity contribution in [2.24, 2.45) is 10.4 Å². The van der Waals surface area contributed by atoms with Gasteiger partial charge in [0, 0.05) is 54.9 Å². The van der Waals surface area contributed by atoms with E-state index in [4.69, 9.17) is 24.4 Å². The number of methoxy groups -OCH3 is 1. The van der Waals surface area contributed by atoms with Crippen LogP contribution in [0, 0.1) is 11.2 Å². The van der Waals surface area contributed by atoms with Gasteiger partial charge in [0.2, 0.25) is 0 Å². The van der Waals surface area contributed by atoms with Crippen LogP contribution in [0.5, 0.6) is 11.8 Å². The number of aromatic nitrogens is 2. The molecule has 2 unspecified atom stereocenters. The summed E-state index contributed by atoms with van der Waals surface area (Å²) in [6.07, 6.45) is 6.44. The topological polar surface area (TPSA) is 92.1 Å². The van der Waals surface area contributed by atoms with Crippen LogP contribution in [0.2, 0.25) is 0 Å². The van der Waals surface area contributed by atoms with E-state index in [0.29, 0.717) is 76.3 Å². The molecule has 2 aromatic carbocycles. The van der Waals surface area contributed by atoms with Crippen molar-refractivity contribution >= 4 is 39.3 Å². The van der Waals surface area contributed by atoms with Crippen LogP contribution in [0.4, 0.5) is 14.6 Å². The number of anilines is 1. The summed E-state index contributed by atoms with van der Waals surface area (Å²) >= 11 is 0. The Kier molecular flexibility index (Phi) is 8.29. The molecule has 47 heavy (non-hydrogen) atoms. The van der Waals surface area contributed by atoms with Gasteiger partial charge in [-0.15, -0.1) is 0 Å². The number of aliphatic imine (C=N–C) groups is 1. The highest BCUT2D eigenvalue weighted by atomic mass is 19.1. The third-order valence-electron chi connectivity index (χ3n) is 9.94. The molecule has 3 fully saturated rings. The number of fused-ring (bicyclic) bond motifs is 4. The average molecular weight is 644 g/mol. The highest BCUT2D eigenvalue weighted by molar-refractivity contribution is 6.51. The molecular formula is C37H43F2N5O3. The smallest absolute Gasteiger partial charge is 0.319 e. The van der Waals surface area contributed by atoms with E-state index in [1.165, 1.54) is 12.1 Å². The van der Waals surface area contributed by atoms with Gasteiger partial charge in [0.05, 0.1) is 24.5 Å². The Bertz CT molecular complexity index is 1820. The van der Waals surface area contributed by atoms with Crippen molar-refractivity contribution in [3.8, 4) is 11.8 Å². The number of benzene rings is 2. The second-order valence-corrected chi connectivity index (χ2v) is 13.8. The number of aryl methyl sites for hydroxylation is 1. The fraction of sp³-hybridized carbons (Fsp3) is 0.486. The summed E-state index contributed by atoms with van der Waals surface area (Å²) in [5, 5.41) is 15.7. The summed E-state index contributed by atoms with van der Waals surface area (Å²) in [6.45, 7) is 10.1. The van der Waals surface area contributed by atoms with Gasteiger partial charge in [-0.25, -0.2) is 8.78 Å². The van der Waals surface area contributed by atoms with Crippen molar-refractivity contribution in [3.63, 3.8) is 0 Å². The number of halogens is 2. The molecule has 4 aliphatic rings. The number of ether oxygens (including phenoxy) is 2. The van der Waals surface area contributed by atoms with Crippen LogP contribution in [0.3, 0.4) is 0 Å². The van der Waals surface area contributed by atoms with Gasteiger partial charge in [-0.1, -0.05) is 19.1 Å². The molecule has 8 nitrogen and oxygen atoms in total. The van der Waals surface area contributed by atoms with Crippen LogP contribution in [-0.4, -0.2) is 72.3 Å². The zero-order chi connectivity index (χ0) is 33.0. The van der Waals surface area contributed by atoms with E-state index in [1.54, 1.807) is 19.2 Å². The number of piperazine rings is 1. The van der Waals surface area contributed by atoms with E-state index in [9.17, 15) is 5.11 Å². The Morgan fingerprint density at radius 3 is 2.51 bits per heavy atom. The summed E-state index contributed by atoms with van der Waals surface area (Å²) in [4.78, 5) is 17.0. The monoisotopic (exact) mass is 643 g/mol. The molecule has 2 N–H and O–H groups in total. The van der Waals surface area contributed by atoms with Crippen molar-refractivity contribution in [3.05, 3.63) is 58.5 Å². The molecule has 10 heteroatoms. The second kappa shape index (κ2) is 12.3. The van der Waals surface area contributed by atoms with Crippen molar-refractivity contribution in [1.82, 2.24) is 15.3 Å². The predicted octanol–water partition coefficient (Wildman–Crippen LogP) is 6.89. The molecule has 3 aromatic rings. The zero-order valence-corrected chi connectivity index (χ0v) is 27.8. The molecule has 0 radical (unpaired) electrons. The van der Waals surface area contributed by atoms with Gasteiger partial charge in [-0.05, 0) is 93.0 Å². The lowest BCUT2D eigenvalue weighted by atomic mass is 9.81. The van der Waals surface area contributed by atoms with Gasteiger partial charge in [0.15, 0.2) is 5.83 Å². The molecule has 0 spiro atoms. The molecule has 1 aromatic heterocycles. The molecule has 7 rings (SSSR count). The standard InChI is InChI=1S/C37H43F2N5O3/c1-6-25-28(38)11-8-21-14-24(45)15-27(29(21)25)30-32(39)34-31(26(7-2)33(30)40-20(3)4)35(44-16-22-9-10-23(17-44)41-22)43-36(42-34)47-19-37(12-13-37)18-46-5/h7-8,11,14-15,20,22-23,41,45H,6,9-10,12-13,16-19H2,1-5H3/b26-7-,40-33?. The minimum absolute atomic E-state index is 0.0465. The third kappa shape index (κ3) is 5.69. The number of nitrogens with zero attached hydrogens (tertiary/aromatic N) is 4. The summed E-state index contributed by atoms with van der Waals surface area (Å²) < 4.78 is 44.7. The molecule has 248 valence electrons. The minimum atomic E-state index is -0.604. The Morgan fingerprint density at radius 1 is 1.13 bits per heavy atom. The SMILES string of the molecule is C/C=C1\C(=NC(C)C)C(c2cc(O)cc3ccc(F)c(CC)c23)=C(F)c2nc(OCC3(COC)CC3)nc(N3CC4CCC(C3)N4)c21. The van der Waals surface area contributed by atoms with Crippen LogP contribution < -0.4 is 15.0 Å². The van der Waals surface area contributed by atoms with E-state index in [2.05, 4.69) is 10.2 Å². The van der Waals surface area contributed by atoms with Gasteiger partial charge >= 0.3 is 6.01 Å². The molecule has 2 saturated heterocycles. The van der Waals surface area contributed by atoms with E-state index in [1.807, 2.05) is 33.8 Å². The summed E-state index contributed by atoms with van der Waals surface area (Å²) in [5.74, 6) is -0.404. The highest BCUT2D eigenvalue weighted by Gasteiger charge is 2.44. The van der Waals surface area contributed by atoms with Crippen LogP contribution in [-0.2, 0) is 11.2 Å². The Labute approximate surface area is 274 Å². The fourth-order valence-electron chi connectivity index (χ4n) is 7.57. The number of phenolic OH excluding ortho intramolecular Hbond substituents is 1. The molecule has 3 heterocycles. The lowest BCUT2D eigenvalue weighted by Gasteiger charge is -2.36. The first kappa shape index (κ1) is 31.7. The average Bonchev–Trinajstić information content (AvgIpc) is 3.73. The number of allylic oxidation sites excluding steroid dienone is 3. The number of rotatable bonds is 9. The maximum absolute atomic E-state index is 17.6. The van der Waals surface area contributed by atoms with E-state index >= 15 is 8.78 Å². The molecule has 1 saturated carbocycles. The van der Waals surface area contributed by atoms with Crippen molar-refractivity contribution < 1.29 is 23.4 Å². The van der Waals surface area contributed by atoms with Gasteiger partial charge in [0.25, 0.3) is 0 Å². The first-order valence-corrected chi connectivity index (χ1v) is 16.8. The normalized spacial score (nSPS) is 23.4. The molecular weight excluding hydrogens is 600 g/mol. The zero-order valence-electron chi connectivity index (χ0n) is 27.8. The largest absolute Gasteiger partial charge is 0.508 e.